The second-order valence-corrected chi connectivity index (χ2v) is 5.90. The first kappa shape index (κ1) is 15.7. The zero-order chi connectivity index (χ0) is 15.1. The molecule has 0 unspecified atom stereocenters. The van der Waals surface area contributed by atoms with Gasteiger partial charge in [0.1, 0.15) is 0 Å². The van der Waals surface area contributed by atoms with Gasteiger partial charge in [-0.15, -0.1) is 11.3 Å². The molecule has 0 radical (unpaired) electrons. The zero-order valence-corrected chi connectivity index (χ0v) is 12.6. The van der Waals surface area contributed by atoms with Crippen LogP contribution in [0, 0.1) is 0 Å². The molecular weight excluding hydrogens is 292 g/mol. The molecule has 1 aromatic heterocycles. The molecule has 7 nitrogen and oxygen atoms in total. The van der Waals surface area contributed by atoms with Crippen LogP contribution in [0.2, 0.25) is 0 Å². The zero-order valence-electron chi connectivity index (χ0n) is 11.8. The van der Waals surface area contributed by atoms with Crippen molar-refractivity contribution in [2.24, 2.45) is 0 Å². The third-order valence-electron chi connectivity index (χ3n) is 3.33. The number of carboxylic acid groups (broad SMARTS) is 1. The average molecular weight is 312 g/mol. The van der Waals surface area contributed by atoms with Crippen LogP contribution in [0.15, 0.2) is 11.6 Å². The second kappa shape index (κ2) is 7.94. The molecule has 1 fully saturated rings. The fourth-order valence-electron chi connectivity index (χ4n) is 2.29. The van der Waals surface area contributed by atoms with Gasteiger partial charge in [0.05, 0.1) is 11.6 Å². The van der Waals surface area contributed by atoms with Crippen LogP contribution >= 0.6 is 11.3 Å². The molecule has 1 aromatic rings. The summed E-state index contributed by atoms with van der Waals surface area (Å²) in [6, 6.07) is -0.0799. The summed E-state index contributed by atoms with van der Waals surface area (Å²) in [7, 11) is 0. The van der Waals surface area contributed by atoms with Crippen molar-refractivity contribution in [3.63, 3.8) is 0 Å². The predicted molar refractivity (Wildman–Crippen MR) is 79.5 cm³/mol. The van der Waals surface area contributed by atoms with Crippen LogP contribution in [0.5, 0.6) is 0 Å². The van der Waals surface area contributed by atoms with E-state index in [2.05, 4.69) is 10.3 Å². The smallest absolute Gasteiger partial charge is 0.317 e. The lowest BCUT2D eigenvalue weighted by molar-refractivity contribution is -0.138. The maximum atomic E-state index is 12.1. The fraction of sp³-hybridized carbons (Fsp3) is 0.615. The Morgan fingerprint density at radius 1 is 1.33 bits per heavy atom. The Bertz CT molecular complexity index is 466. The SMILES string of the molecule is O=C(O)CN1CCCN(C(=O)NCCc2nccs2)CC1. The highest BCUT2D eigenvalue weighted by Crippen LogP contribution is 2.05. The van der Waals surface area contributed by atoms with E-state index in [1.165, 1.54) is 0 Å². The van der Waals surface area contributed by atoms with E-state index in [0.717, 1.165) is 24.4 Å². The summed E-state index contributed by atoms with van der Waals surface area (Å²) in [5.41, 5.74) is 0. The van der Waals surface area contributed by atoms with Gasteiger partial charge in [0.25, 0.3) is 0 Å². The van der Waals surface area contributed by atoms with Crippen molar-refractivity contribution in [2.45, 2.75) is 12.8 Å². The summed E-state index contributed by atoms with van der Waals surface area (Å²) in [4.78, 5) is 30.6. The maximum absolute atomic E-state index is 12.1. The van der Waals surface area contributed by atoms with Crippen molar-refractivity contribution in [3.8, 4) is 0 Å². The highest BCUT2D eigenvalue weighted by atomic mass is 32.1. The van der Waals surface area contributed by atoms with E-state index >= 15 is 0 Å². The molecule has 2 rings (SSSR count). The second-order valence-electron chi connectivity index (χ2n) is 4.92. The number of amides is 2. The van der Waals surface area contributed by atoms with Gasteiger partial charge in [0.2, 0.25) is 0 Å². The van der Waals surface area contributed by atoms with Crippen molar-refractivity contribution in [1.29, 1.82) is 0 Å². The maximum Gasteiger partial charge on any atom is 0.317 e. The van der Waals surface area contributed by atoms with Crippen LogP contribution in [0.1, 0.15) is 11.4 Å². The summed E-state index contributed by atoms with van der Waals surface area (Å²) < 4.78 is 0. The number of aliphatic carboxylic acids is 1. The highest BCUT2D eigenvalue weighted by molar-refractivity contribution is 7.09. The number of carboxylic acids is 1. The minimum atomic E-state index is -0.823. The lowest BCUT2D eigenvalue weighted by Crippen LogP contribution is -2.43. The number of thiazole rings is 1. The lowest BCUT2D eigenvalue weighted by atomic mass is 10.4. The monoisotopic (exact) mass is 312 g/mol. The topological polar surface area (TPSA) is 85.8 Å². The normalized spacial score (nSPS) is 16.5. The first-order valence-corrected chi connectivity index (χ1v) is 7.88. The number of nitrogens with one attached hydrogen (secondary N) is 1. The Hall–Kier alpha value is -1.67. The van der Waals surface area contributed by atoms with Gasteiger partial charge in [-0.25, -0.2) is 9.78 Å². The van der Waals surface area contributed by atoms with E-state index in [1.807, 2.05) is 10.3 Å². The number of aromatic nitrogens is 1. The summed E-state index contributed by atoms with van der Waals surface area (Å²) in [6.07, 6.45) is 3.29. The number of urea groups is 1. The minimum Gasteiger partial charge on any atom is -0.480 e. The van der Waals surface area contributed by atoms with Crippen molar-refractivity contribution in [2.75, 3.05) is 39.3 Å². The Morgan fingerprint density at radius 2 is 2.19 bits per heavy atom. The van der Waals surface area contributed by atoms with Crippen molar-refractivity contribution in [1.82, 2.24) is 20.1 Å². The van der Waals surface area contributed by atoms with E-state index < -0.39 is 5.97 Å². The summed E-state index contributed by atoms with van der Waals surface area (Å²) >= 11 is 1.58. The molecule has 0 aliphatic carbocycles. The molecule has 2 amide bonds. The van der Waals surface area contributed by atoms with Crippen molar-refractivity contribution in [3.05, 3.63) is 16.6 Å². The number of carbonyl (C=O) groups excluding carboxylic acids is 1. The molecule has 2 heterocycles. The van der Waals surface area contributed by atoms with E-state index in [0.29, 0.717) is 26.2 Å². The van der Waals surface area contributed by atoms with E-state index in [9.17, 15) is 9.59 Å². The molecule has 0 bridgehead atoms. The molecule has 1 aliphatic rings. The van der Waals surface area contributed by atoms with Crippen molar-refractivity contribution >= 4 is 23.3 Å². The number of rotatable bonds is 5. The number of hydrogen-bond donors (Lipinski definition) is 2. The molecule has 0 spiro atoms. The number of carbonyl (C=O) groups is 2. The molecule has 0 saturated carbocycles. The van der Waals surface area contributed by atoms with Gasteiger partial charge in [-0.1, -0.05) is 0 Å². The molecule has 8 heteroatoms. The molecule has 2 N–H and O–H groups in total. The molecular formula is C13H20N4O3S. The Kier molecular flexibility index (Phi) is 5.94. The van der Waals surface area contributed by atoms with Crippen LogP contribution in [-0.2, 0) is 11.2 Å². The largest absolute Gasteiger partial charge is 0.480 e. The van der Waals surface area contributed by atoms with Gasteiger partial charge < -0.3 is 15.3 Å². The molecule has 1 aliphatic heterocycles. The third-order valence-corrected chi connectivity index (χ3v) is 4.17. The Balaban J connectivity index is 1.71. The number of hydrogen-bond acceptors (Lipinski definition) is 5. The van der Waals surface area contributed by atoms with Crippen LogP contribution in [0.3, 0.4) is 0 Å². The summed E-state index contributed by atoms with van der Waals surface area (Å²) in [6.45, 7) is 3.16. The Labute approximate surface area is 127 Å². The van der Waals surface area contributed by atoms with Gasteiger partial charge in [0, 0.05) is 50.7 Å². The molecule has 116 valence electrons. The molecule has 0 aromatic carbocycles. The molecule has 0 atom stereocenters. The standard InChI is InChI=1S/C13H20N4O3S/c18-12(19)10-16-5-1-6-17(8-7-16)13(20)15-3-2-11-14-4-9-21-11/h4,9H,1-3,5-8,10H2,(H,15,20)(H,18,19). The van der Waals surface area contributed by atoms with Crippen LogP contribution < -0.4 is 5.32 Å². The van der Waals surface area contributed by atoms with Crippen LogP contribution in [0.25, 0.3) is 0 Å². The first-order chi connectivity index (χ1) is 10.1. The molecule has 21 heavy (non-hydrogen) atoms. The quantitative estimate of drug-likeness (QED) is 0.826. The number of nitrogens with zero attached hydrogens (tertiary/aromatic N) is 3. The lowest BCUT2D eigenvalue weighted by Gasteiger charge is -2.21. The predicted octanol–water partition coefficient (Wildman–Crippen LogP) is 0.488. The Morgan fingerprint density at radius 3 is 2.90 bits per heavy atom. The first-order valence-electron chi connectivity index (χ1n) is 7.00. The summed E-state index contributed by atoms with van der Waals surface area (Å²) in [5.74, 6) is -0.823. The van der Waals surface area contributed by atoms with Gasteiger partial charge in [-0.2, -0.15) is 0 Å². The summed E-state index contributed by atoms with van der Waals surface area (Å²) in [5, 5.41) is 14.6. The van der Waals surface area contributed by atoms with Crippen LogP contribution in [-0.4, -0.2) is 71.2 Å². The van der Waals surface area contributed by atoms with E-state index in [4.69, 9.17) is 5.11 Å². The fourth-order valence-corrected chi connectivity index (χ4v) is 2.91. The third kappa shape index (κ3) is 5.31. The van der Waals surface area contributed by atoms with Crippen molar-refractivity contribution < 1.29 is 14.7 Å². The minimum absolute atomic E-state index is 0.0412. The van der Waals surface area contributed by atoms with E-state index in [-0.39, 0.29) is 12.6 Å². The van der Waals surface area contributed by atoms with Gasteiger partial charge >= 0.3 is 12.0 Å². The molecule has 1 saturated heterocycles. The van der Waals surface area contributed by atoms with Gasteiger partial charge in [-0.05, 0) is 6.42 Å². The van der Waals surface area contributed by atoms with Gasteiger partial charge in [0.15, 0.2) is 0 Å². The van der Waals surface area contributed by atoms with Crippen LogP contribution in [0.4, 0.5) is 4.79 Å². The van der Waals surface area contributed by atoms with E-state index in [1.54, 1.807) is 22.4 Å². The average Bonchev–Trinajstić information content (AvgIpc) is 2.84. The van der Waals surface area contributed by atoms with Gasteiger partial charge in [-0.3, -0.25) is 9.69 Å². The highest BCUT2D eigenvalue weighted by Gasteiger charge is 2.19.